The highest BCUT2D eigenvalue weighted by Gasteiger charge is 2.18. The Balaban J connectivity index is 1.81. The number of nitrogens with zero attached hydrogens (tertiary/aromatic N) is 3. The van der Waals surface area contributed by atoms with Crippen LogP contribution in [0.5, 0.6) is 11.5 Å². The van der Waals surface area contributed by atoms with Crippen molar-refractivity contribution in [2.24, 2.45) is 10.1 Å². The van der Waals surface area contributed by atoms with Gasteiger partial charge in [-0.25, -0.2) is 4.99 Å². The molecule has 2 heterocycles. The molecule has 1 aliphatic rings. The van der Waals surface area contributed by atoms with Gasteiger partial charge >= 0.3 is 0 Å². The van der Waals surface area contributed by atoms with Gasteiger partial charge in [0.05, 0.1) is 19.4 Å². The fourth-order valence-electron chi connectivity index (χ4n) is 2.97. The molecule has 140 valence electrons. The summed E-state index contributed by atoms with van der Waals surface area (Å²) in [6, 6.07) is 17.4. The lowest BCUT2D eigenvalue weighted by Crippen LogP contribution is -2.19. The second-order valence-corrected chi connectivity index (χ2v) is 6.11. The van der Waals surface area contributed by atoms with E-state index in [2.05, 4.69) is 15.5 Å². The van der Waals surface area contributed by atoms with Crippen molar-refractivity contribution in [3.05, 3.63) is 83.7 Å². The molecule has 0 radical (unpaired) electrons. The third-order valence-electron chi connectivity index (χ3n) is 4.34. The lowest BCUT2D eigenvalue weighted by Gasteiger charge is -2.10. The molecule has 1 aliphatic heterocycles. The number of fused-ring (bicyclic) bond motifs is 1. The summed E-state index contributed by atoms with van der Waals surface area (Å²) in [6.45, 7) is 2.59. The highest BCUT2D eigenvalue weighted by molar-refractivity contribution is 6.18. The molecule has 0 bridgehead atoms. The van der Waals surface area contributed by atoms with Crippen LogP contribution in [0.2, 0.25) is 0 Å². The number of hydrogen-bond donors (Lipinski definition) is 1. The zero-order valence-electron chi connectivity index (χ0n) is 15.7. The molecule has 28 heavy (non-hydrogen) atoms. The Morgan fingerprint density at radius 3 is 2.50 bits per heavy atom. The van der Waals surface area contributed by atoms with Gasteiger partial charge in [-0.15, -0.1) is 0 Å². The van der Waals surface area contributed by atoms with Crippen LogP contribution in [0.15, 0.2) is 77.1 Å². The van der Waals surface area contributed by atoms with Crippen LogP contribution in [0.25, 0.3) is 0 Å². The summed E-state index contributed by atoms with van der Waals surface area (Å²) in [4.78, 5) is 8.95. The van der Waals surface area contributed by atoms with Crippen LogP contribution in [0.1, 0.15) is 23.6 Å². The van der Waals surface area contributed by atoms with Crippen LogP contribution in [-0.2, 0) is 0 Å². The molecule has 2 aromatic carbocycles. The van der Waals surface area contributed by atoms with Crippen molar-refractivity contribution < 1.29 is 9.47 Å². The predicted molar refractivity (Wildman–Crippen MR) is 110 cm³/mol. The smallest absolute Gasteiger partial charge is 0.155 e. The van der Waals surface area contributed by atoms with Gasteiger partial charge < -0.3 is 9.47 Å². The fraction of sp³-hybridized carbons (Fsp3) is 0.136. The van der Waals surface area contributed by atoms with E-state index in [1.165, 1.54) is 0 Å². The van der Waals surface area contributed by atoms with Gasteiger partial charge in [0.2, 0.25) is 0 Å². The molecule has 0 saturated heterocycles. The van der Waals surface area contributed by atoms with Crippen molar-refractivity contribution in [1.29, 1.82) is 0 Å². The Bertz CT molecular complexity index is 1030. The number of aliphatic imine (C=N–C) groups is 1. The van der Waals surface area contributed by atoms with E-state index in [1.807, 2.05) is 61.5 Å². The first kappa shape index (κ1) is 17.7. The monoisotopic (exact) mass is 372 g/mol. The number of nitrogens with one attached hydrogen (secondary N) is 1. The zero-order chi connectivity index (χ0) is 19.3. The van der Waals surface area contributed by atoms with Gasteiger partial charge in [-0.3, -0.25) is 10.4 Å². The molecular formula is C22H20N4O2. The predicted octanol–water partition coefficient (Wildman–Crippen LogP) is 3.92. The number of ether oxygens (including phenoxy) is 2. The maximum absolute atomic E-state index is 5.55. The van der Waals surface area contributed by atoms with Crippen LogP contribution in [-0.4, -0.2) is 30.2 Å². The standard InChI is InChI=1S/C22H20N4O2/c1-3-28-17-8-6-15(7-9-17)21-19-13-18(27-2)10-11-20(19)24-22(26-25-21)16-5-4-12-23-14-16/h4-14H,3H2,1-2H3,(H,24,26). The largest absolute Gasteiger partial charge is 0.497 e. The van der Waals surface area contributed by atoms with E-state index in [9.17, 15) is 0 Å². The molecule has 1 N–H and O–H groups in total. The van der Waals surface area contributed by atoms with Crippen LogP contribution in [0.3, 0.4) is 0 Å². The highest BCUT2D eigenvalue weighted by Crippen LogP contribution is 2.30. The second-order valence-electron chi connectivity index (χ2n) is 6.11. The number of benzene rings is 2. The number of hydrazone groups is 1. The summed E-state index contributed by atoms with van der Waals surface area (Å²) in [5.41, 5.74) is 7.38. The normalized spacial score (nSPS) is 12.8. The van der Waals surface area contributed by atoms with Gasteiger partial charge in [0, 0.05) is 29.1 Å². The summed E-state index contributed by atoms with van der Waals surface area (Å²) >= 11 is 0. The summed E-state index contributed by atoms with van der Waals surface area (Å²) in [7, 11) is 1.65. The van der Waals surface area contributed by atoms with Crippen molar-refractivity contribution in [1.82, 2.24) is 10.4 Å². The minimum absolute atomic E-state index is 0.629. The minimum Gasteiger partial charge on any atom is -0.497 e. The van der Waals surface area contributed by atoms with Gasteiger partial charge in [-0.2, -0.15) is 5.10 Å². The van der Waals surface area contributed by atoms with Gasteiger partial charge in [-0.05, 0) is 61.5 Å². The Labute approximate surface area is 163 Å². The Hall–Kier alpha value is -3.67. The first-order valence-corrected chi connectivity index (χ1v) is 9.03. The Kier molecular flexibility index (Phi) is 5.01. The highest BCUT2D eigenvalue weighted by atomic mass is 16.5. The lowest BCUT2D eigenvalue weighted by atomic mass is 10.0. The molecule has 0 amide bonds. The third-order valence-corrected chi connectivity index (χ3v) is 4.34. The average molecular weight is 372 g/mol. The Morgan fingerprint density at radius 1 is 0.964 bits per heavy atom. The van der Waals surface area contributed by atoms with E-state index in [0.29, 0.717) is 12.4 Å². The van der Waals surface area contributed by atoms with E-state index in [0.717, 1.165) is 39.6 Å². The molecule has 4 rings (SSSR count). The molecule has 1 aromatic heterocycles. The molecule has 3 aromatic rings. The average Bonchev–Trinajstić information content (AvgIpc) is 2.94. The van der Waals surface area contributed by atoms with Crippen LogP contribution >= 0.6 is 0 Å². The first-order valence-electron chi connectivity index (χ1n) is 9.03. The van der Waals surface area contributed by atoms with Crippen LogP contribution < -0.4 is 14.9 Å². The second kappa shape index (κ2) is 7.92. The van der Waals surface area contributed by atoms with E-state index >= 15 is 0 Å². The third kappa shape index (κ3) is 3.57. The number of pyridine rings is 1. The van der Waals surface area contributed by atoms with E-state index in [1.54, 1.807) is 19.5 Å². The molecule has 0 atom stereocenters. The van der Waals surface area contributed by atoms with E-state index < -0.39 is 0 Å². The van der Waals surface area contributed by atoms with Gasteiger partial charge in [-0.1, -0.05) is 0 Å². The maximum atomic E-state index is 5.55. The molecule has 0 saturated carbocycles. The van der Waals surface area contributed by atoms with Crippen LogP contribution in [0, 0.1) is 0 Å². The van der Waals surface area contributed by atoms with Crippen molar-refractivity contribution >= 4 is 17.2 Å². The van der Waals surface area contributed by atoms with E-state index in [4.69, 9.17) is 14.5 Å². The van der Waals surface area contributed by atoms with Crippen molar-refractivity contribution in [3.63, 3.8) is 0 Å². The van der Waals surface area contributed by atoms with Crippen LogP contribution in [0.4, 0.5) is 5.69 Å². The SMILES string of the molecule is CCOc1ccc(C2=NNC(c3cccnc3)=Nc3ccc(OC)cc32)cc1. The maximum Gasteiger partial charge on any atom is 0.155 e. The van der Waals surface area contributed by atoms with Crippen molar-refractivity contribution in [3.8, 4) is 11.5 Å². The van der Waals surface area contributed by atoms with Crippen molar-refractivity contribution in [2.45, 2.75) is 6.92 Å². The van der Waals surface area contributed by atoms with Gasteiger partial charge in [0.25, 0.3) is 0 Å². The quantitative estimate of drug-likeness (QED) is 0.737. The van der Waals surface area contributed by atoms with Crippen molar-refractivity contribution in [2.75, 3.05) is 13.7 Å². The number of aromatic nitrogens is 1. The lowest BCUT2D eigenvalue weighted by molar-refractivity contribution is 0.340. The zero-order valence-corrected chi connectivity index (χ0v) is 15.7. The number of methoxy groups -OCH3 is 1. The number of hydrogen-bond acceptors (Lipinski definition) is 6. The summed E-state index contributed by atoms with van der Waals surface area (Å²) in [5.74, 6) is 2.21. The Morgan fingerprint density at radius 2 is 1.79 bits per heavy atom. The first-order chi connectivity index (χ1) is 13.8. The van der Waals surface area contributed by atoms with E-state index in [-0.39, 0.29) is 0 Å². The number of amidine groups is 1. The molecule has 6 heteroatoms. The molecule has 0 aliphatic carbocycles. The van der Waals surface area contributed by atoms with Gasteiger partial charge in [0.1, 0.15) is 17.2 Å². The fourth-order valence-corrected chi connectivity index (χ4v) is 2.97. The number of rotatable bonds is 5. The molecular weight excluding hydrogens is 352 g/mol. The summed E-state index contributed by atoms with van der Waals surface area (Å²) in [5, 5.41) is 4.66. The molecule has 0 spiro atoms. The molecule has 0 fully saturated rings. The summed E-state index contributed by atoms with van der Waals surface area (Å²) < 4.78 is 11.0. The molecule has 0 unspecified atom stereocenters. The topological polar surface area (TPSA) is 68.1 Å². The summed E-state index contributed by atoms with van der Waals surface area (Å²) in [6.07, 6.45) is 3.49. The minimum atomic E-state index is 0.629. The molecule has 6 nitrogen and oxygen atoms in total. The van der Waals surface area contributed by atoms with Gasteiger partial charge in [0.15, 0.2) is 5.84 Å².